The van der Waals surface area contributed by atoms with Gasteiger partial charge in [-0.3, -0.25) is 0 Å². The third-order valence-corrected chi connectivity index (χ3v) is 2.90. The molecule has 0 aromatic carbocycles. The smallest absolute Gasteiger partial charge is 0.183 e. The molecule has 1 aliphatic rings. The first kappa shape index (κ1) is 15.1. The van der Waals surface area contributed by atoms with Crippen LogP contribution in [-0.4, -0.2) is 42.5 Å². The van der Waals surface area contributed by atoms with Crippen molar-refractivity contribution in [2.75, 3.05) is 33.0 Å². The van der Waals surface area contributed by atoms with Crippen molar-refractivity contribution in [1.29, 1.82) is 0 Å². The van der Waals surface area contributed by atoms with Crippen LogP contribution in [0.15, 0.2) is 0 Å². The summed E-state index contributed by atoms with van der Waals surface area (Å²) in [5.41, 5.74) is 0. The molecule has 0 aliphatic carbocycles. The highest BCUT2D eigenvalue weighted by Crippen LogP contribution is 2.18. The summed E-state index contributed by atoms with van der Waals surface area (Å²) in [6.07, 6.45) is 3.93. The molecule has 0 aromatic heterocycles. The minimum absolute atomic E-state index is 0.931. The monoisotopic (exact) mass is 234 g/mol. The predicted molar refractivity (Wildman–Crippen MR) is 61.2 cm³/mol. The number of hydrogen-bond donors (Lipinski definition) is 0. The number of nitrogens with zero attached hydrogens (tertiary/aromatic N) is 2. The Bertz CT molecular complexity index is 189. The van der Waals surface area contributed by atoms with Gasteiger partial charge in [0.25, 0.3) is 0 Å². The normalized spacial score (nSPS) is 17.6. The van der Waals surface area contributed by atoms with Gasteiger partial charge in [0.05, 0.1) is 31.3 Å². The van der Waals surface area contributed by atoms with E-state index in [2.05, 4.69) is 13.8 Å². The highest BCUT2D eigenvalue weighted by molar-refractivity contribution is 4.51. The highest BCUT2D eigenvalue weighted by Gasteiger charge is 2.29. The summed E-state index contributed by atoms with van der Waals surface area (Å²) in [7, 11) is 0. The van der Waals surface area contributed by atoms with Crippen LogP contribution in [0.1, 0.15) is 33.1 Å². The number of hydrogen-bond acceptors (Lipinski definition) is 4. The van der Waals surface area contributed by atoms with Crippen LogP contribution in [0, 0.1) is 15.3 Å². The van der Waals surface area contributed by atoms with Gasteiger partial charge in [-0.15, -0.1) is 0 Å². The Balaban J connectivity index is 0.000000487. The molecule has 0 unspecified atom stereocenters. The van der Waals surface area contributed by atoms with Crippen molar-refractivity contribution in [3.05, 3.63) is 15.3 Å². The molecule has 1 aliphatic heterocycles. The van der Waals surface area contributed by atoms with Crippen molar-refractivity contribution in [2.24, 2.45) is 0 Å². The molecule has 1 saturated heterocycles. The van der Waals surface area contributed by atoms with E-state index in [0.717, 1.165) is 19.8 Å². The fourth-order valence-corrected chi connectivity index (χ4v) is 1.95. The molecule has 0 aromatic rings. The van der Waals surface area contributed by atoms with Crippen molar-refractivity contribution in [3.8, 4) is 0 Å². The van der Waals surface area contributed by atoms with Gasteiger partial charge in [-0.05, 0) is 13.3 Å². The van der Waals surface area contributed by atoms with Crippen LogP contribution in [0.2, 0.25) is 0 Å². The fraction of sp³-hybridized carbons (Fsp3) is 1.00. The molecule has 1 fully saturated rings. The third kappa shape index (κ3) is 6.58. The van der Waals surface area contributed by atoms with Crippen molar-refractivity contribution >= 4 is 0 Å². The topological polar surface area (TPSA) is 75.4 Å². The van der Waals surface area contributed by atoms with Gasteiger partial charge in [-0.25, -0.2) is 0 Å². The first-order valence-corrected chi connectivity index (χ1v) is 5.80. The van der Waals surface area contributed by atoms with E-state index >= 15 is 0 Å². The van der Waals surface area contributed by atoms with E-state index in [9.17, 15) is 0 Å². The van der Waals surface area contributed by atoms with Gasteiger partial charge in [0, 0.05) is 12.8 Å². The van der Waals surface area contributed by atoms with Gasteiger partial charge in [0.2, 0.25) is 0 Å². The molecular weight excluding hydrogens is 212 g/mol. The summed E-state index contributed by atoms with van der Waals surface area (Å²) >= 11 is 0. The molecule has 0 bridgehead atoms. The second-order valence-electron chi connectivity index (χ2n) is 4.07. The number of likely N-dealkylation sites (tertiary alicyclic amines) is 1. The van der Waals surface area contributed by atoms with Gasteiger partial charge < -0.3 is 24.5 Å². The lowest BCUT2D eigenvalue weighted by Crippen LogP contribution is -2.46. The minimum atomic E-state index is -1.75. The van der Waals surface area contributed by atoms with Gasteiger partial charge in [-0.2, -0.15) is 0 Å². The predicted octanol–water partition coefficient (Wildman–Crippen LogP) is 1.76. The lowest BCUT2D eigenvalue weighted by Gasteiger charge is -2.32. The largest absolute Gasteiger partial charge is 0.356 e. The minimum Gasteiger partial charge on any atom is -0.356 e. The molecule has 0 N–H and O–H groups in total. The van der Waals surface area contributed by atoms with E-state index in [4.69, 9.17) is 20.1 Å². The van der Waals surface area contributed by atoms with Crippen LogP contribution in [0.5, 0.6) is 0 Å². The van der Waals surface area contributed by atoms with E-state index in [1.54, 1.807) is 0 Å². The van der Waals surface area contributed by atoms with E-state index in [1.165, 1.54) is 37.0 Å². The summed E-state index contributed by atoms with van der Waals surface area (Å²) in [4.78, 5) is 8.25. The molecular formula is C10H22N2O4. The summed E-state index contributed by atoms with van der Waals surface area (Å²) in [5, 5.41) is 14.8. The molecule has 96 valence electrons. The molecule has 0 amide bonds. The van der Waals surface area contributed by atoms with E-state index < -0.39 is 5.09 Å². The zero-order valence-corrected chi connectivity index (χ0v) is 10.2. The van der Waals surface area contributed by atoms with E-state index in [1.807, 2.05) is 0 Å². The third-order valence-electron chi connectivity index (χ3n) is 2.90. The van der Waals surface area contributed by atoms with Crippen molar-refractivity contribution in [1.82, 2.24) is 0 Å². The molecule has 0 spiro atoms. The zero-order chi connectivity index (χ0) is 12.4. The Hall–Kier alpha value is -0.880. The number of rotatable bonds is 5. The zero-order valence-electron chi connectivity index (χ0n) is 10.2. The molecule has 16 heavy (non-hydrogen) atoms. The second-order valence-corrected chi connectivity index (χ2v) is 4.07. The molecule has 6 heteroatoms. The summed E-state index contributed by atoms with van der Waals surface area (Å²) in [5.74, 6) is 0. The lowest BCUT2D eigenvalue weighted by molar-refractivity contribution is -0.933. The summed E-state index contributed by atoms with van der Waals surface area (Å²) in [6, 6.07) is 0. The maximum absolute atomic E-state index is 8.25. The Morgan fingerprint density at radius 3 is 2.12 bits per heavy atom. The van der Waals surface area contributed by atoms with Gasteiger partial charge >= 0.3 is 0 Å². The van der Waals surface area contributed by atoms with Gasteiger partial charge in [0.1, 0.15) is 0 Å². The molecule has 6 nitrogen and oxygen atoms in total. The van der Waals surface area contributed by atoms with Crippen LogP contribution in [0.4, 0.5) is 0 Å². The second kappa shape index (κ2) is 8.29. The molecule has 0 atom stereocenters. The summed E-state index contributed by atoms with van der Waals surface area (Å²) in [6.45, 7) is 10.2. The van der Waals surface area contributed by atoms with Crippen molar-refractivity contribution in [2.45, 2.75) is 33.1 Å². The molecule has 1 rings (SSSR count). The maximum Gasteiger partial charge on any atom is 0.183 e. The van der Waals surface area contributed by atoms with Crippen LogP contribution >= 0.6 is 0 Å². The Morgan fingerprint density at radius 2 is 1.75 bits per heavy atom. The standard InChI is InChI=1S/C10H22NO.NO3/c1-3-9-12-10-11(4-2)7-5-6-8-11;2-1(3)4/h3-10H2,1-2H3;/q+1;-1. The highest BCUT2D eigenvalue weighted by atomic mass is 16.9. The Kier molecular flexibility index (Phi) is 7.84. The summed E-state index contributed by atoms with van der Waals surface area (Å²) < 4.78 is 6.84. The van der Waals surface area contributed by atoms with Crippen LogP contribution < -0.4 is 0 Å². The lowest BCUT2D eigenvalue weighted by atomic mass is 10.4. The van der Waals surface area contributed by atoms with Crippen LogP contribution in [0.25, 0.3) is 0 Å². The fourth-order valence-electron chi connectivity index (χ4n) is 1.95. The number of quaternary nitrogens is 1. The van der Waals surface area contributed by atoms with Crippen molar-refractivity contribution < 1.29 is 14.3 Å². The van der Waals surface area contributed by atoms with E-state index in [0.29, 0.717) is 0 Å². The maximum atomic E-state index is 8.25. The van der Waals surface area contributed by atoms with E-state index in [-0.39, 0.29) is 0 Å². The Morgan fingerprint density at radius 1 is 1.25 bits per heavy atom. The first-order valence-electron chi connectivity index (χ1n) is 5.80. The quantitative estimate of drug-likeness (QED) is 0.314. The molecule has 1 heterocycles. The molecule has 0 saturated carbocycles. The SMILES string of the molecule is CCCOC[N+]1(CC)CCCC1.O=[N+]([O-])[O-]. The average Bonchev–Trinajstić information content (AvgIpc) is 2.67. The Labute approximate surface area is 96.5 Å². The van der Waals surface area contributed by atoms with Crippen LogP contribution in [-0.2, 0) is 4.74 Å². The van der Waals surface area contributed by atoms with Crippen molar-refractivity contribution in [3.63, 3.8) is 0 Å². The van der Waals surface area contributed by atoms with Gasteiger partial charge in [-0.1, -0.05) is 6.92 Å². The number of ether oxygens (including phenoxy) is 1. The van der Waals surface area contributed by atoms with Crippen LogP contribution in [0.3, 0.4) is 0 Å². The van der Waals surface area contributed by atoms with Gasteiger partial charge in [0.15, 0.2) is 6.73 Å². The first-order chi connectivity index (χ1) is 7.56. The molecule has 0 radical (unpaired) electrons. The average molecular weight is 234 g/mol.